The molecule has 0 unspecified atom stereocenters. The molecule has 0 saturated carbocycles. The molecule has 148 valence electrons. The fourth-order valence-electron chi connectivity index (χ4n) is 3.99. The summed E-state index contributed by atoms with van der Waals surface area (Å²) in [7, 11) is 0. The third kappa shape index (κ3) is 3.90. The van der Waals surface area contributed by atoms with Gasteiger partial charge in [0.15, 0.2) is 0 Å². The lowest BCUT2D eigenvalue weighted by Gasteiger charge is -2.38. The zero-order valence-corrected chi connectivity index (χ0v) is 16.5. The summed E-state index contributed by atoms with van der Waals surface area (Å²) < 4.78 is 15.2. The molecule has 1 saturated heterocycles. The minimum atomic E-state index is -0.224. The number of hydrogen-bond donors (Lipinski definition) is 1. The van der Waals surface area contributed by atoms with Crippen molar-refractivity contribution in [2.24, 2.45) is 0 Å². The number of aromatic nitrogens is 1. The summed E-state index contributed by atoms with van der Waals surface area (Å²) in [6, 6.07) is 19.0. The van der Waals surface area contributed by atoms with Crippen molar-refractivity contribution in [1.82, 2.24) is 4.57 Å². The molecule has 0 aliphatic carbocycles. The average Bonchev–Trinajstić information content (AvgIpc) is 3.04. The Hall–Kier alpha value is -3.46. The molecule has 5 nitrogen and oxygen atoms in total. The van der Waals surface area contributed by atoms with E-state index in [-0.39, 0.29) is 5.82 Å². The van der Waals surface area contributed by atoms with Crippen molar-refractivity contribution in [3.63, 3.8) is 0 Å². The van der Waals surface area contributed by atoms with Crippen LogP contribution in [-0.4, -0.2) is 30.7 Å². The second-order valence-electron chi connectivity index (χ2n) is 7.45. The molecule has 2 N–H and O–H groups in total. The van der Waals surface area contributed by atoms with Gasteiger partial charge >= 0.3 is 0 Å². The molecule has 1 aliphatic rings. The quantitative estimate of drug-likeness (QED) is 0.738. The van der Waals surface area contributed by atoms with Gasteiger partial charge in [-0.15, -0.1) is 0 Å². The first-order chi connectivity index (χ1) is 14.0. The Kier molecular flexibility index (Phi) is 5.13. The van der Waals surface area contributed by atoms with Gasteiger partial charge in [0.2, 0.25) is 0 Å². The van der Waals surface area contributed by atoms with E-state index in [9.17, 15) is 9.65 Å². The van der Waals surface area contributed by atoms with Gasteiger partial charge in [-0.3, -0.25) is 0 Å². The third-order valence-corrected chi connectivity index (χ3v) is 5.41. The minimum Gasteiger partial charge on any atom is -0.396 e. The van der Waals surface area contributed by atoms with E-state index in [1.165, 1.54) is 17.7 Å². The van der Waals surface area contributed by atoms with E-state index < -0.39 is 0 Å². The molecule has 2 aromatic carbocycles. The Morgan fingerprint density at radius 3 is 2.34 bits per heavy atom. The number of nitrogens with zero attached hydrogens (tertiary/aromatic N) is 4. The summed E-state index contributed by atoms with van der Waals surface area (Å²) in [5.41, 5.74) is 10.9. The Morgan fingerprint density at radius 2 is 1.69 bits per heavy atom. The highest BCUT2D eigenvalue weighted by Gasteiger charge is 2.24. The van der Waals surface area contributed by atoms with Crippen molar-refractivity contribution in [2.75, 3.05) is 41.7 Å². The first-order valence-electron chi connectivity index (χ1n) is 9.75. The van der Waals surface area contributed by atoms with Gasteiger partial charge in [-0.05, 0) is 42.8 Å². The molecule has 3 aromatic rings. The van der Waals surface area contributed by atoms with E-state index in [2.05, 4.69) is 41.0 Å². The standard InChI is InChI=1S/C23H24FN5/c1-17-3-2-4-18(13-17)16-29-21(15-25)14-22(26)23(29)28-11-9-27(10-12-28)20-7-5-19(24)6-8-20/h2-8,13-14H,9-12,16,26H2,1H3. The topological polar surface area (TPSA) is 61.2 Å². The monoisotopic (exact) mass is 389 g/mol. The second-order valence-corrected chi connectivity index (χ2v) is 7.45. The highest BCUT2D eigenvalue weighted by molar-refractivity contribution is 5.69. The van der Waals surface area contributed by atoms with Gasteiger partial charge in [-0.2, -0.15) is 5.26 Å². The predicted octanol–water partition coefficient (Wildman–Crippen LogP) is 3.76. The van der Waals surface area contributed by atoms with Crippen molar-refractivity contribution in [2.45, 2.75) is 13.5 Å². The van der Waals surface area contributed by atoms with Gasteiger partial charge in [0.1, 0.15) is 23.4 Å². The maximum atomic E-state index is 13.2. The summed E-state index contributed by atoms with van der Waals surface area (Å²) in [5, 5.41) is 9.62. The summed E-state index contributed by atoms with van der Waals surface area (Å²) in [6.07, 6.45) is 0. The van der Waals surface area contributed by atoms with Gasteiger partial charge in [-0.25, -0.2) is 4.39 Å². The molecule has 1 aromatic heterocycles. The van der Waals surface area contributed by atoms with E-state index in [0.29, 0.717) is 17.9 Å². The van der Waals surface area contributed by atoms with Crippen LogP contribution in [0.5, 0.6) is 0 Å². The van der Waals surface area contributed by atoms with Crippen LogP contribution >= 0.6 is 0 Å². The molecular weight excluding hydrogens is 365 g/mol. The van der Waals surface area contributed by atoms with Crippen LogP contribution < -0.4 is 15.5 Å². The van der Waals surface area contributed by atoms with E-state index in [1.54, 1.807) is 6.07 Å². The Morgan fingerprint density at radius 1 is 1.00 bits per heavy atom. The third-order valence-electron chi connectivity index (χ3n) is 5.41. The zero-order chi connectivity index (χ0) is 20.4. The molecule has 4 rings (SSSR count). The fourth-order valence-corrected chi connectivity index (χ4v) is 3.99. The Labute approximate surface area is 170 Å². The van der Waals surface area contributed by atoms with Crippen LogP contribution in [0.4, 0.5) is 21.6 Å². The average molecular weight is 389 g/mol. The number of halogens is 1. The Bertz CT molecular complexity index is 1040. The van der Waals surface area contributed by atoms with Crippen LogP contribution in [0.2, 0.25) is 0 Å². The van der Waals surface area contributed by atoms with Crippen LogP contribution in [0.25, 0.3) is 0 Å². The predicted molar refractivity (Wildman–Crippen MR) is 115 cm³/mol. The zero-order valence-electron chi connectivity index (χ0n) is 16.5. The van der Waals surface area contributed by atoms with Gasteiger partial charge in [0.25, 0.3) is 0 Å². The first-order valence-corrected chi connectivity index (χ1v) is 9.75. The number of nitrogen functional groups attached to an aromatic ring is 1. The molecule has 1 fully saturated rings. The molecule has 1 aliphatic heterocycles. The molecular formula is C23H24FN5. The normalized spacial score (nSPS) is 14.1. The number of anilines is 3. The SMILES string of the molecule is Cc1cccc(Cn2c(C#N)cc(N)c2N2CCN(c3ccc(F)cc3)CC2)c1. The lowest BCUT2D eigenvalue weighted by Crippen LogP contribution is -2.47. The summed E-state index contributed by atoms with van der Waals surface area (Å²) >= 11 is 0. The van der Waals surface area contributed by atoms with E-state index in [1.807, 2.05) is 22.8 Å². The first kappa shape index (κ1) is 18.9. The summed E-state index contributed by atoms with van der Waals surface area (Å²) in [5.74, 6) is 0.681. The van der Waals surface area contributed by atoms with Crippen molar-refractivity contribution in [3.8, 4) is 6.07 Å². The molecule has 0 spiro atoms. The fraction of sp³-hybridized carbons (Fsp3) is 0.261. The van der Waals surface area contributed by atoms with E-state index in [4.69, 9.17) is 5.73 Å². The van der Waals surface area contributed by atoms with Crippen LogP contribution in [-0.2, 0) is 6.54 Å². The smallest absolute Gasteiger partial charge is 0.133 e. The number of rotatable bonds is 4. The molecule has 0 radical (unpaired) electrons. The number of piperazine rings is 1. The maximum absolute atomic E-state index is 13.2. The Balaban J connectivity index is 1.56. The van der Waals surface area contributed by atoms with Crippen LogP contribution in [0.15, 0.2) is 54.6 Å². The maximum Gasteiger partial charge on any atom is 0.133 e. The van der Waals surface area contributed by atoms with Gasteiger partial charge < -0.3 is 20.1 Å². The lowest BCUT2D eigenvalue weighted by atomic mass is 10.1. The van der Waals surface area contributed by atoms with Crippen molar-refractivity contribution in [1.29, 1.82) is 5.26 Å². The van der Waals surface area contributed by atoms with Gasteiger partial charge in [0, 0.05) is 31.9 Å². The molecule has 0 bridgehead atoms. The number of nitriles is 1. The van der Waals surface area contributed by atoms with E-state index in [0.717, 1.165) is 43.2 Å². The summed E-state index contributed by atoms with van der Waals surface area (Å²) in [4.78, 5) is 4.48. The lowest BCUT2D eigenvalue weighted by molar-refractivity contribution is 0.620. The van der Waals surface area contributed by atoms with Crippen LogP contribution in [0, 0.1) is 24.1 Å². The molecule has 0 amide bonds. The highest BCUT2D eigenvalue weighted by Crippen LogP contribution is 2.30. The minimum absolute atomic E-state index is 0.224. The number of benzene rings is 2. The van der Waals surface area contributed by atoms with Crippen LogP contribution in [0.3, 0.4) is 0 Å². The molecule has 0 atom stereocenters. The molecule has 6 heteroatoms. The van der Waals surface area contributed by atoms with Crippen molar-refractivity contribution >= 4 is 17.2 Å². The highest BCUT2D eigenvalue weighted by atomic mass is 19.1. The molecule has 29 heavy (non-hydrogen) atoms. The summed E-state index contributed by atoms with van der Waals surface area (Å²) in [6.45, 7) is 5.85. The van der Waals surface area contributed by atoms with Crippen molar-refractivity contribution < 1.29 is 4.39 Å². The largest absolute Gasteiger partial charge is 0.396 e. The van der Waals surface area contributed by atoms with Crippen molar-refractivity contribution in [3.05, 3.63) is 77.2 Å². The van der Waals surface area contributed by atoms with Gasteiger partial charge in [0.05, 0.1) is 12.2 Å². The van der Waals surface area contributed by atoms with Crippen LogP contribution in [0.1, 0.15) is 16.8 Å². The second kappa shape index (κ2) is 7.88. The molecule has 2 heterocycles. The number of aryl methyl sites for hydroxylation is 1. The number of hydrogen-bond acceptors (Lipinski definition) is 4. The number of nitrogens with two attached hydrogens (primary N) is 1. The van der Waals surface area contributed by atoms with Gasteiger partial charge in [-0.1, -0.05) is 29.8 Å². The van der Waals surface area contributed by atoms with E-state index >= 15 is 0 Å².